The molecule has 8 nitrogen and oxygen atoms in total. The molecule has 138 valence electrons. The second-order valence-electron chi connectivity index (χ2n) is 6.25. The maximum atomic E-state index is 12.4. The van der Waals surface area contributed by atoms with Gasteiger partial charge in [0.15, 0.2) is 0 Å². The summed E-state index contributed by atoms with van der Waals surface area (Å²) in [5, 5.41) is 0. The molecule has 0 unspecified atom stereocenters. The number of hydrogen-bond donors (Lipinski definition) is 0. The molecule has 0 aliphatic carbocycles. The highest BCUT2D eigenvalue weighted by molar-refractivity contribution is 6.21. The number of nitrogens with zero attached hydrogens (tertiary/aromatic N) is 3. The number of rotatable bonds is 5. The summed E-state index contributed by atoms with van der Waals surface area (Å²) >= 11 is 0. The molecule has 0 aromatic heterocycles. The Morgan fingerprint density at radius 2 is 1.42 bits per heavy atom. The molecular formula is C18H21N3O5. The largest absolute Gasteiger partial charge is 0.375 e. The van der Waals surface area contributed by atoms with E-state index in [9.17, 15) is 19.2 Å². The fourth-order valence-electron chi connectivity index (χ4n) is 3.23. The monoisotopic (exact) mass is 359 g/mol. The van der Waals surface area contributed by atoms with Gasteiger partial charge in [0.1, 0.15) is 6.61 Å². The number of carbonyl (C=O) groups excluding carboxylic acids is 4. The van der Waals surface area contributed by atoms with E-state index in [0.717, 1.165) is 4.90 Å². The van der Waals surface area contributed by atoms with Crippen molar-refractivity contribution >= 4 is 23.6 Å². The molecule has 26 heavy (non-hydrogen) atoms. The minimum atomic E-state index is -0.353. The molecule has 2 aliphatic rings. The van der Waals surface area contributed by atoms with Crippen LogP contribution in [0.25, 0.3) is 0 Å². The minimum Gasteiger partial charge on any atom is -0.375 e. The number of carbonyl (C=O) groups is 4. The lowest BCUT2D eigenvalue weighted by Crippen LogP contribution is -2.51. The van der Waals surface area contributed by atoms with Crippen LogP contribution in [-0.4, -0.2) is 84.8 Å². The zero-order chi connectivity index (χ0) is 18.7. The molecule has 3 rings (SSSR count). The van der Waals surface area contributed by atoms with Crippen LogP contribution in [-0.2, 0) is 14.3 Å². The van der Waals surface area contributed by atoms with Gasteiger partial charge < -0.3 is 14.5 Å². The number of hydrogen-bond acceptors (Lipinski definition) is 5. The van der Waals surface area contributed by atoms with E-state index in [2.05, 4.69) is 0 Å². The Kier molecular flexibility index (Phi) is 5.32. The Bertz CT molecular complexity index is 705. The van der Waals surface area contributed by atoms with Gasteiger partial charge in [-0.25, -0.2) is 0 Å². The standard InChI is InChI=1S/C18H21N3O5/c1-26-12-16(23)20-10-8-19(9-11-20)15(22)6-7-21-17(24)13-4-2-3-5-14(13)18(21)25/h2-5H,6-12H2,1H3. The van der Waals surface area contributed by atoms with E-state index in [1.165, 1.54) is 7.11 Å². The second-order valence-corrected chi connectivity index (χ2v) is 6.25. The lowest BCUT2D eigenvalue weighted by molar-refractivity contribution is -0.141. The van der Waals surface area contributed by atoms with Crippen molar-refractivity contribution in [2.24, 2.45) is 0 Å². The molecular weight excluding hydrogens is 338 g/mol. The van der Waals surface area contributed by atoms with E-state index >= 15 is 0 Å². The van der Waals surface area contributed by atoms with Gasteiger partial charge in [0.2, 0.25) is 11.8 Å². The van der Waals surface area contributed by atoms with E-state index in [0.29, 0.717) is 37.3 Å². The first-order valence-electron chi connectivity index (χ1n) is 8.52. The third-order valence-electron chi connectivity index (χ3n) is 4.68. The van der Waals surface area contributed by atoms with Crippen LogP contribution in [0.5, 0.6) is 0 Å². The van der Waals surface area contributed by atoms with Gasteiger partial charge in [0, 0.05) is 46.3 Å². The number of amides is 4. The van der Waals surface area contributed by atoms with Crippen LogP contribution in [0.1, 0.15) is 27.1 Å². The van der Waals surface area contributed by atoms with Crippen molar-refractivity contribution in [3.05, 3.63) is 35.4 Å². The predicted molar refractivity (Wildman–Crippen MR) is 91.5 cm³/mol. The second kappa shape index (κ2) is 7.65. The summed E-state index contributed by atoms with van der Waals surface area (Å²) in [6, 6.07) is 6.66. The molecule has 1 fully saturated rings. The summed E-state index contributed by atoms with van der Waals surface area (Å²) in [6.45, 7) is 1.90. The smallest absolute Gasteiger partial charge is 0.261 e. The van der Waals surface area contributed by atoms with Crippen molar-refractivity contribution in [3.8, 4) is 0 Å². The highest BCUT2D eigenvalue weighted by Crippen LogP contribution is 2.22. The molecule has 0 radical (unpaired) electrons. The first kappa shape index (κ1) is 18.1. The highest BCUT2D eigenvalue weighted by Gasteiger charge is 2.35. The van der Waals surface area contributed by atoms with Gasteiger partial charge in [-0.05, 0) is 12.1 Å². The van der Waals surface area contributed by atoms with Crippen LogP contribution >= 0.6 is 0 Å². The molecule has 0 spiro atoms. The van der Waals surface area contributed by atoms with E-state index < -0.39 is 0 Å². The van der Waals surface area contributed by atoms with Crippen LogP contribution < -0.4 is 0 Å². The highest BCUT2D eigenvalue weighted by atomic mass is 16.5. The molecule has 0 saturated carbocycles. The average Bonchev–Trinajstić information content (AvgIpc) is 2.91. The SMILES string of the molecule is COCC(=O)N1CCN(C(=O)CCN2C(=O)c3ccccc3C2=O)CC1. The van der Waals surface area contributed by atoms with Crippen molar-refractivity contribution < 1.29 is 23.9 Å². The lowest BCUT2D eigenvalue weighted by atomic mass is 10.1. The van der Waals surface area contributed by atoms with E-state index in [-0.39, 0.29) is 43.2 Å². The summed E-state index contributed by atoms with van der Waals surface area (Å²) in [5.74, 6) is -0.923. The molecule has 1 aromatic rings. The molecule has 2 heterocycles. The Hall–Kier alpha value is -2.74. The zero-order valence-electron chi connectivity index (χ0n) is 14.6. The van der Waals surface area contributed by atoms with Crippen molar-refractivity contribution in [1.82, 2.24) is 14.7 Å². The molecule has 4 amide bonds. The zero-order valence-corrected chi connectivity index (χ0v) is 14.6. The summed E-state index contributed by atoms with van der Waals surface area (Å²) in [4.78, 5) is 53.2. The molecule has 1 aromatic carbocycles. The van der Waals surface area contributed by atoms with Crippen molar-refractivity contribution in [2.45, 2.75) is 6.42 Å². The number of methoxy groups -OCH3 is 1. The average molecular weight is 359 g/mol. The van der Waals surface area contributed by atoms with Crippen LogP contribution in [0.3, 0.4) is 0 Å². The first-order chi connectivity index (χ1) is 12.5. The topological polar surface area (TPSA) is 87.2 Å². The van der Waals surface area contributed by atoms with Crippen molar-refractivity contribution in [1.29, 1.82) is 0 Å². The molecule has 0 atom stereocenters. The van der Waals surface area contributed by atoms with Crippen LogP contribution in [0, 0.1) is 0 Å². The Morgan fingerprint density at radius 1 is 0.923 bits per heavy atom. The fraction of sp³-hybridized carbons (Fsp3) is 0.444. The Morgan fingerprint density at radius 3 is 1.92 bits per heavy atom. The number of benzene rings is 1. The van der Waals surface area contributed by atoms with Crippen LogP contribution in [0.4, 0.5) is 0 Å². The molecule has 2 aliphatic heterocycles. The van der Waals surface area contributed by atoms with Crippen LogP contribution in [0.2, 0.25) is 0 Å². The third-order valence-corrected chi connectivity index (χ3v) is 4.68. The summed E-state index contributed by atoms with van der Waals surface area (Å²) in [7, 11) is 1.47. The van der Waals surface area contributed by atoms with E-state index in [1.807, 2.05) is 0 Å². The van der Waals surface area contributed by atoms with E-state index in [1.54, 1.807) is 34.1 Å². The number of fused-ring (bicyclic) bond motifs is 1. The van der Waals surface area contributed by atoms with Crippen molar-refractivity contribution in [3.63, 3.8) is 0 Å². The van der Waals surface area contributed by atoms with Crippen molar-refractivity contribution in [2.75, 3.05) is 46.4 Å². The normalized spacial score (nSPS) is 16.9. The lowest BCUT2D eigenvalue weighted by Gasteiger charge is -2.35. The van der Waals surface area contributed by atoms with E-state index in [4.69, 9.17) is 4.74 Å². The van der Waals surface area contributed by atoms with Gasteiger partial charge in [0.05, 0.1) is 11.1 Å². The van der Waals surface area contributed by atoms with Gasteiger partial charge >= 0.3 is 0 Å². The number of imide groups is 1. The quantitative estimate of drug-likeness (QED) is 0.690. The maximum absolute atomic E-state index is 12.4. The van der Waals surface area contributed by atoms with Gasteiger partial charge in [0.25, 0.3) is 11.8 Å². The predicted octanol–water partition coefficient (Wildman–Crippen LogP) is -0.0101. The van der Waals surface area contributed by atoms with Gasteiger partial charge in [-0.1, -0.05) is 12.1 Å². The fourth-order valence-corrected chi connectivity index (χ4v) is 3.23. The number of piperazine rings is 1. The molecule has 8 heteroatoms. The van der Waals surface area contributed by atoms with Gasteiger partial charge in [-0.2, -0.15) is 0 Å². The third kappa shape index (κ3) is 3.45. The summed E-state index contributed by atoms with van der Waals surface area (Å²) in [6.07, 6.45) is 0.0808. The molecule has 0 bridgehead atoms. The van der Waals surface area contributed by atoms with Gasteiger partial charge in [-0.3, -0.25) is 24.1 Å². The maximum Gasteiger partial charge on any atom is 0.261 e. The molecule has 0 N–H and O–H groups in total. The number of ether oxygens (including phenoxy) is 1. The van der Waals surface area contributed by atoms with Crippen LogP contribution in [0.15, 0.2) is 24.3 Å². The first-order valence-corrected chi connectivity index (χ1v) is 8.52. The minimum absolute atomic E-state index is 0.0354. The Balaban J connectivity index is 1.51. The Labute approximate surface area is 151 Å². The summed E-state index contributed by atoms with van der Waals surface area (Å²) < 4.78 is 4.83. The van der Waals surface area contributed by atoms with Gasteiger partial charge in [-0.15, -0.1) is 0 Å². The molecule has 1 saturated heterocycles. The summed E-state index contributed by atoms with van der Waals surface area (Å²) in [5.41, 5.74) is 0.769.